The molecule has 1 amide bonds. The van der Waals surface area contributed by atoms with E-state index in [1.165, 1.54) is 44.4 Å². The van der Waals surface area contributed by atoms with Gasteiger partial charge in [-0.15, -0.1) is 0 Å². The third kappa shape index (κ3) is 10.2. The predicted molar refractivity (Wildman–Crippen MR) is 160 cm³/mol. The Bertz CT molecular complexity index is 1330. The third-order valence-corrected chi connectivity index (χ3v) is 5.84. The van der Waals surface area contributed by atoms with Crippen LogP contribution in [-0.2, 0) is 14.3 Å². The van der Waals surface area contributed by atoms with E-state index in [0.29, 0.717) is 23.8 Å². The number of benzene rings is 1. The molecule has 1 fully saturated rings. The summed E-state index contributed by atoms with van der Waals surface area (Å²) in [5.41, 5.74) is -0.702. The maximum Gasteiger partial charge on any atom is 0.360 e. The highest BCUT2D eigenvalue weighted by Crippen LogP contribution is 2.34. The number of amides is 1. The van der Waals surface area contributed by atoms with E-state index in [2.05, 4.69) is 16.9 Å². The first-order valence-corrected chi connectivity index (χ1v) is 14.1. The number of aromatic carboxylic acids is 1. The molecular formula is C29H33Cl3N2O8. The van der Waals surface area contributed by atoms with E-state index in [9.17, 15) is 24.3 Å². The number of hydrogen-bond acceptors (Lipinski definition) is 8. The molecule has 2 N–H and O–H groups in total. The number of nitrogens with zero attached hydrogens (tertiary/aromatic N) is 1. The van der Waals surface area contributed by atoms with Crippen LogP contribution in [0.1, 0.15) is 77.4 Å². The molecule has 42 heavy (non-hydrogen) atoms. The Morgan fingerprint density at radius 3 is 2.24 bits per heavy atom. The van der Waals surface area contributed by atoms with Crippen LogP contribution in [0.25, 0.3) is 17.2 Å². The van der Waals surface area contributed by atoms with Gasteiger partial charge in [-0.2, -0.15) is 0 Å². The average molecular weight is 644 g/mol. The fourth-order valence-corrected chi connectivity index (χ4v) is 3.50. The van der Waals surface area contributed by atoms with Crippen molar-refractivity contribution in [3.63, 3.8) is 0 Å². The second kappa shape index (κ2) is 15.2. The fourth-order valence-electron chi connectivity index (χ4n) is 3.50. The number of rotatable bonds is 10. The first kappa shape index (κ1) is 34.9. The summed E-state index contributed by atoms with van der Waals surface area (Å²) in [6.07, 6.45) is 2.25. The van der Waals surface area contributed by atoms with Crippen molar-refractivity contribution in [2.75, 3.05) is 13.7 Å². The number of nitrogens with one attached hydrogen (secondary N) is 1. The summed E-state index contributed by atoms with van der Waals surface area (Å²) in [7, 11) is 1.42. The number of pyridine rings is 1. The number of aromatic nitrogens is 1. The quantitative estimate of drug-likeness (QED) is 0.173. The lowest BCUT2D eigenvalue weighted by molar-refractivity contribution is -0.174. The molecule has 0 radical (unpaired) electrons. The lowest BCUT2D eigenvalue weighted by atomic mass is 9.95. The number of carboxylic acids is 1. The molecule has 1 aromatic carbocycles. The minimum absolute atomic E-state index is 0.0489. The van der Waals surface area contributed by atoms with Gasteiger partial charge in [-0.1, -0.05) is 47.5 Å². The van der Waals surface area contributed by atoms with Crippen LogP contribution in [0.2, 0.25) is 0 Å². The second-order valence-electron chi connectivity index (χ2n) is 10.3. The summed E-state index contributed by atoms with van der Waals surface area (Å²) in [6, 6.07) is 5.64. The number of alkyl halides is 3. The molecule has 1 unspecified atom stereocenters. The van der Waals surface area contributed by atoms with Gasteiger partial charge >= 0.3 is 17.9 Å². The molecule has 0 saturated heterocycles. The van der Waals surface area contributed by atoms with Crippen molar-refractivity contribution in [2.45, 2.75) is 51.1 Å². The summed E-state index contributed by atoms with van der Waals surface area (Å²) in [4.78, 5) is 54.6. The molecule has 10 nitrogen and oxygen atoms in total. The van der Waals surface area contributed by atoms with Crippen LogP contribution in [-0.4, -0.2) is 58.1 Å². The highest BCUT2D eigenvalue weighted by atomic mass is 35.6. The van der Waals surface area contributed by atoms with Gasteiger partial charge in [0.1, 0.15) is 11.4 Å². The van der Waals surface area contributed by atoms with Crippen LogP contribution in [0.15, 0.2) is 30.8 Å². The number of methoxy groups -OCH3 is 1. The molecule has 0 aliphatic heterocycles. The van der Waals surface area contributed by atoms with Gasteiger partial charge in [0, 0.05) is 30.2 Å². The van der Waals surface area contributed by atoms with Crippen LogP contribution in [0.4, 0.5) is 0 Å². The molecule has 1 atom stereocenters. The third-order valence-electron chi connectivity index (χ3n) is 5.84. The highest BCUT2D eigenvalue weighted by Gasteiger charge is 2.29. The number of hydrogen-bond donors (Lipinski definition) is 2. The lowest BCUT2D eigenvalue weighted by Crippen LogP contribution is -2.30. The Morgan fingerprint density at radius 1 is 1.12 bits per heavy atom. The molecule has 1 aliphatic carbocycles. The highest BCUT2D eigenvalue weighted by molar-refractivity contribution is 6.63. The van der Waals surface area contributed by atoms with Crippen LogP contribution in [0.3, 0.4) is 0 Å². The van der Waals surface area contributed by atoms with Gasteiger partial charge in [0.2, 0.25) is 6.29 Å². The van der Waals surface area contributed by atoms with Crippen molar-refractivity contribution < 1.29 is 38.5 Å². The Labute approximate surface area is 259 Å². The van der Waals surface area contributed by atoms with E-state index in [-0.39, 0.29) is 28.1 Å². The monoisotopic (exact) mass is 642 g/mol. The molecule has 2 aromatic rings. The van der Waals surface area contributed by atoms with Gasteiger partial charge in [0.15, 0.2) is 9.99 Å². The van der Waals surface area contributed by atoms with Gasteiger partial charge in [-0.05, 0) is 63.8 Å². The maximum absolute atomic E-state index is 13.3. The van der Waals surface area contributed by atoms with Crippen molar-refractivity contribution in [1.29, 1.82) is 0 Å². The largest absolute Gasteiger partial charge is 0.496 e. The van der Waals surface area contributed by atoms with Gasteiger partial charge in [0.25, 0.3) is 5.91 Å². The minimum atomic E-state index is -1.27. The zero-order chi connectivity index (χ0) is 31.8. The summed E-state index contributed by atoms with van der Waals surface area (Å²) in [6.45, 7) is 10.5. The average Bonchev–Trinajstić information content (AvgIpc) is 3.74. The second-order valence-corrected chi connectivity index (χ2v) is 12.3. The Hall–Kier alpha value is -3.34. The minimum Gasteiger partial charge on any atom is -0.496 e. The van der Waals surface area contributed by atoms with E-state index in [1.807, 2.05) is 0 Å². The number of carboxylic acid groups (broad SMARTS) is 1. The molecule has 0 bridgehead atoms. The van der Waals surface area contributed by atoms with Gasteiger partial charge in [-0.25, -0.2) is 14.6 Å². The Kier molecular flexibility index (Phi) is 12.6. The van der Waals surface area contributed by atoms with Crippen LogP contribution in [0.5, 0.6) is 5.75 Å². The zero-order valence-corrected chi connectivity index (χ0v) is 26.1. The van der Waals surface area contributed by atoms with E-state index in [1.54, 1.807) is 20.8 Å². The van der Waals surface area contributed by atoms with Crippen molar-refractivity contribution in [1.82, 2.24) is 10.3 Å². The van der Waals surface area contributed by atoms with Crippen molar-refractivity contribution in [3.05, 3.63) is 53.4 Å². The maximum atomic E-state index is 13.3. The van der Waals surface area contributed by atoms with E-state index in [4.69, 9.17) is 49.0 Å². The number of halogens is 3. The number of esters is 2. The lowest BCUT2D eigenvalue weighted by Gasteiger charge is -2.21. The van der Waals surface area contributed by atoms with Crippen LogP contribution in [0, 0.1) is 11.3 Å². The topological polar surface area (TPSA) is 141 Å². The zero-order valence-electron chi connectivity index (χ0n) is 23.8. The van der Waals surface area contributed by atoms with Crippen molar-refractivity contribution >= 4 is 64.7 Å². The summed E-state index contributed by atoms with van der Waals surface area (Å²) in [5, 5.41) is 12.7. The molecule has 1 aromatic heterocycles. The van der Waals surface area contributed by atoms with Crippen LogP contribution < -0.4 is 10.1 Å². The molecule has 228 valence electrons. The molecular weight excluding hydrogens is 611 g/mol. The molecule has 1 saturated carbocycles. The SMILES string of the molecule is C=Cc1cc(C(=O)O)c(-c2ccc(C(=O)NCC3CC3)nc2C(=O)OC(C)OC(=O)C(C)(C)C)cc1OC.ClC(Cl)Cl. The Morgan fingerprint density at radius 2 is 1.74 bits per heavy atom. The number of ether oxygens (including phenoxy) is 3. The molecule has 0 spiro atoms. The molecule has 3 rings (SSSR count). The molecule has 1 aliphatic rings. The normalized spacial score (nSPS) is 13.3. The summed E-state index contributed by atoms with van der Waals surface area (Å²) in [5.74, 6) is -2.59. The van der Waals surface area contributed by atoms with Gasteiger partial charge in [0.05, 0.1) is 18.1 Å². The van der Waals surface area contributed by atoms with Crippen LogP contribution >= 0.6 is 34.8 Å². The van der Waals surface area contributed by atoms with Crippen molar-refractivity contribution in [3.8, 4) is 16.9 Å². The van der Waals surface area contributed by atoms with Gasteiger partial charge in [-0.3, -0.25) is 9.59 Å². The predicted octanol–water partition coefficient (Wildman–Crippen LogP) is 6.32. The first-order valence-electron chi connectivity index (χ1n) is 12.8. The standard InChI is InChI=1S/C28H32N2O8.CHCl3/c1-7-17-12-20(25(32)33)19(13-22(17)36-6)18-10-11-21(24(31)29-14-16-8-9-16)30-23(18)26(34)37-15(2)38-27(35)28(3,4)5;2-1(3)4/h7,10-13,15-16H,1,8-9,14H2,2-6H3,(H,29,31)(H,32,33);1H. The summed E-state index contributed by atoms with van der Waals surface area (Å²) >= 11 is 14.4. The fraction of sp³-hybridized carbons (Fsp3) is 0.414. The van der Waals surface area contributed by atoms with E-state index in [0.717, 1.165) is 12.8 Å². The Balaban J connectivity index is 0.00000144. The molecule has 1 heterocycles. The number of carbonyl (C=O) groups is 4. The van der Waals surface area contributed by atoms with Crippen molar-refractivity contribution in [2.24, 2.45) is 11.3 Å². The molecule has 13 heteroatoms. The summed E-state index contributed by atoms with van der Waals surface area (Å²) < 4.78 is 15.2. The smallest absolute Gasteiger partial charge is 0.360 e. The van der Waals surface area contributed by atoms with E-state index < -0.39 is 39.8 Å². The van der Waals surface area contributed by atoms with Gasteiger partial charge < -0.3 is 24.6 Å². The van der Waals surface area contributed by atoms with E-state index >= 15 is 0 Å². The first-order chi connectivity index (χ1) is 19.6. The number of carbonyl (C=O) groups excluding carboxylic acids is 3.